The molecular weight excluding hydrogens is 190 g/mol. The molecule has 1 amide bonds. The lowest BCUT2D eigenvalue weighted by atomic mass is 9.94. The fourth-order valence-electron chi connectivity index (χ4n) is 1.63. The Bertz CT molecular complexity index is 267. The minimum absolute atomic E-state index is 0.0900. The average molecular weight is 207 g/mol. The maximum atomic E-state index is 11.1. The first kappa shape index (κ1) is 11.7. The van der Waals surface area contributed by atoms with Gasteiger partial charge in [0.2, 0.25) is 5.91 Å². The molecule has 1 rings (SSSR count). The second kappa shape index (κ2) is 7.02. The zero-order valence-electron chi connectivity index (χ0n) is 8.83. The quantitative estimate of drug-likeness (QED) is 0.512. The Hall–Kier alpha value is -1.34. The van der Waals surface area contributed by atoms with Gasteiger partial charge in [0.25, 0.3) is 0 Å². The summed E-state index contributed by atoms with van der Waals surface area (Å²) in [4.78, 5) is 11.1. The number of rotatable bonds is 5. The lowest BCUT2D eigenvalue weighted by molar-refractivity contribution is -0.120. The van der Waals surface area contributed by atoms with Gasteiger partial charge in [0, 0.05) is 0 Å². The van der Waals surface area contributed by atoms with E-state index in [0.717, 1.165) is 19.4 Å². The molecule has 1 aliphatic carbocycles. The van der Waals surface area contributed by atoms with Gasteiger partial charge in [-0.15, -0.1) is 0 Å². The van der Waals surface area contributed by atoms with Crippen LogP contribution in [-0.4, -0.2) is 25.5 Å². The highest BCUT2D eigenvalue weighted by molar-refractivity contribution is 5.78. The number of nitrogens with zero attached hydrogens (tertiary/aromatic N) is 1. The topological polar surface area (TPSA) is 64.9 Å². The van der Waals surface area contributed by atoms with Crippen LogP contribution in [0.1, 0.15) is 19.3 Å². The van der Waals surface area contributed by atoms with Crippen LogP contribution < -0.4 is 10.6 Å². The lowest BCUT2D eigenvalue weighted by Crippen LogP contribution is -2.36. The van der Waals surface area contributed by atoms with E-state index in [4.69, 9.17) is 5.26 Å². The van der Waals surface area contributed by atoms with E-state index in [1.54, 1.807) is 0 Å². The molecule has 0 aliphatic heterocycles. The molecule has 0 aromatic rings. The number of allylic oxidation sites excluding steroid dienone is 2. The van der Waals surface area contributed by atoms with E-state index >= 15 is 0 Å². The molecule has 0 heterocycles. The summed E-state index contributed by atoms with van der Waals surface area (Å²) in [6.45, 7) is 1.28. The van der Waals surface area contributed by atoms with Gasteiger partial charge in [-0.2, -0.15) is 5.26 Å². The van der Waals surface area contributed by atoms with E-state index in [9.17, 15) is 4.79 Å². The van der Waals surface area contributed by atoms with Crippen molar-refractivity contribution < 1.29 is 4.79 Å². The largest absolute Gasteiger partial charge is 0.342 e. The van der Waals surface area contributed by atoms with Crippen LogP contribution in [0, 0.1) is 17.2 Å². The number of amides is 1. The fourth-order valence-corrected chi connectivity index (χ4v) is 1.63. The normalized spacial score (nSPS) is 19.5. The molecule has 1 atom stereocenters. The first-order chi connectivity index (χ1) is 7.33. The van der Waals surface area contributed by atoms with Crippen molar-refractivity contribution >= 4 is 5.91 Å². The third-order valence-electron chi connectivity index (χ3n) is 2.46. The Morgan fingerprint density at radius 1 is 1.53 bits per heavy atom. The molecular formula is C11H17N3O. The Labute approximate surface area is 90.3 Å². The zero-order valence-corrected chi connectivity index (χ0v) is 8.83. The van der Waals surface area contributed by atoms with Crippen molar-refractivity contribution in [2.24, 2.45) is 5.92 Å². The monoisotopic (exact) mass is 207 g/mol. The highest BCUT2D eigenvalue weighted by atomic mass is 16.1. The van der Waals surface area contributed by atoms with Crippen molar-refractivity contribution in [3.63, 3.8) is 0 Å². The Morgan fingerprint density at radius 3 is 3.07 bits per heavy atom. The molecule has 82 valence electrons. The van der Waals surface area contributed by atoms with Gasteiger partial charge in [0.05, 0.1) is 12.6 Å². The molecule has 15 heavy (non-hydrogen) atoms. The number of nitriles is 1. The number of nitrogens with one attached hydrogen (secondary N) is 2. The first-order valence-electron chi connectivity index (χ1n) is 5.32. The van der Waals surface area contributed by atoms with Crippen molar-refractivity contribution in [1.29, 1.82) is 5.26 Å². The van der Waals surface area contributed by atoms with Crippen LogP contribution in [0.25, 0.3) is 0 Å². The third kappa shape index (κ3) is 5.18. The molecule has 0 radical (unpaired) electrons. The van der Waals surface area contributed by atoms with Crippen molar-refractivity contribution in [3.8, 4) is 6.07 Å². The highest BCUT2D eigenvalue weighted by Crippen LogP contribution is 2.16. The fraction of sp³-hybridized carbons (Fsp3) is 0.636. The second-order valence-corrected chi connectivity index (χ2v) is 3.72. The first-order valence-corrected chi connectivity index (χ1v) is 5.32. The van der Waals surface area contributed by atoms with E-state index < -0.39 is 0 Å². The van der Waals surface area contributed by atoms with E-state index in [1.807, 2.05) is 6.07 Å². The minimum atomic E-state index is -0.108. The van der Waals surface area contributed by atoms with Gasteiger partial charge >= 0.3 is 0 Å². The van der Waals surface area contributed by atoms with E-state index in [2.05, 4.69) is 22.8 Å². The minimum Gasteiger partial charge on any atom is -0.342 e. The van der Waals surface area contributed by atoms with Crippen LogP contribution in [0.2, 0.25) is 0 Å². The summed E-state index contributed by atoms with van der Waals surface area (Å²) in [5.41, 5.74) is 0. The van der Waals surface area contributed by atoms with Crippen LogP contribution in [0.15, 0.2) is 12.2 Å². The predicted molar refractivity (Wildman–Crippen MR) is 58.0 cm³/mol. The molecule has 2 N–H and O–H groups in total. The lowest BCUT2D eigenvalue weighted by Gasteiger charge is -2.17. The molecule has 4 heteroatoms. The number of carbonyl (C=O) groups excluding carboxylic acids is 1. The average Bonchev–Trinajstić information content (AvgIpc) is 2.28. The van der Waals surface area contributed by atoms with Crippen molar-refractivity contribution in [2.75, 3.05) is 19.6 Å². The van der Waals surface area contributed by atoms with Crippen LogP contribution in [0.3, 0.4) is 0 Å². The van der Waals surface area contributed by atoms with Gasteiger partial charge in [0.15, 0.2) is 0 Å². The number of hydrogen-bond acceptors (Lipinski definition) is 3. The van der Waals surface area contributed by atoms with Gasteiger partial charge in [-0.05, 0) is 31.7 Å². The summed E-state index contributed by atoms with van der Waals surface area (Å²) < 4.78 is 0. The molecule has 1 unspecified atom stereocenters. The summed E-state index contributed by atoms with van der Waals surface area (Å²) in [6.07, 6.45) is 7.85. The van der Waals surface area contributed by atoms with E-state index in [-0.39, 0.29) is 12.5 Å². The number of carbonyl (C=O) groups is 1. The van der Waals surface area contributed by atoms with Crippen molar-refractivity contribution in [1.82, 2.24) is 10.6 Å². The molecule has 0 spiro atoms. The van der Waals surface area contributed by atoms with Crippen molar-refractivity contribution in [3.05, 3.63) is 12.2 Å². The van der Waals surface area contributed by atoms with Crippen molar-refractivity contribution in [2.45, 2.75) is 19.3 Å². The SMILES string of the molecule is N#CCNC(=O)CNCC1CC=CCC1. The van der Waals surface area contributed by atoms with E-state index in [1.165, 1.54) is 6.42 Å². The van der Waals surface area contributed by atoms with Gasteiger partial charge in [-0.1, -0.05) is 12.2 Å². The molecule has 1 aliphatic rings. The molecule has 0 aromatic carbocycles. The van der Waals surface area contributed by atoms with Gasteiger partial charge < -0.3 is 10.6 Å². The standard InChI is InChI=1S/C11H17N3O/c12-6-7-14-11(15)9-13-8-10-4-2-1-3-5-10/h1-2,10,13H,3-5,7-9H2,(H,14,15). The maximum absolute atomic E-state index is 11.1. The van der Waals surface area contributed by atoms with Crippen LogP contribution in [-0.2, 0) is 4.79 Å². The van der Waals surface area contributed by atoms with Crippen LogP contribution >= 0.6 is 0 Å². The smallest absolute Gasteiger partial charge is 0.234 e. The van der Waals surface area contributed by atoms with Gasteiger partial charge in [-0.25, -0.2) is 0 Å². The molecule has 0 fully saturated rings. The second-order valence-electron chi connectivity index (χ2n) is 3.72. The molecule has 0 bridgehead atoms. The van der Waals surface area contributed by atoms with Crippen LogP contribution in [0.5, 0.6) is 0 Å². The molecule has 4 nitrogen and oxygen atoms in total. The predicted octanol–water partition coefficient (Wildman–Crippen LogP) is 0.572. The van der Waals surface area contributed by atoms with Crippen LogP contribution in [0.4, 0.5) is 0 Å². The summed E-state index contributed by atoms with van der Waals surface area (Å²) in [5.74, 6) is 0.543. The summed E-state index contributed by atoms with van der Waals surface area (Å²) in [6, 6.07) is 1.87. The summed E-state index contributed by atoms with van der Waals surface area (Å²) in [7, 11) is 0. The summed E-state index contributed by atoms with van der Waals surface area (Å²) in [5, 5.41) is 13.9. The molecule has 0 saturated heterocycles. The Kier molecular flexibility index (Phi) is 5.49. The molecule has 0 saturated carbocycles. The maximum Gasteiger partial charge on any atom is 0.234 e. The summed E-state index contributed by atoms with van der Waals surface area (Å²) >= 11 is 0. The van der Waals surface area contributed by atoms with Gasteiger partial charge in [0.1, 0.15) is 6.54 Å². The van der Waals surface area contributed by atoms with E-state index in [0.29, 0.717) is 12.5 Å². The third-order valence-corrected chi connectivity index (χ3v) is 2.46. The van der Waals surface area contributed by atoms with Gasteiger partial charge in [-0.3, -0.25) is 4.79 Å². The number of hydrogen-bond donors (Lipinski definition) is 2. The highest BCUT2D eigenvalue weighted by Gasteiger charge is 2.09. The Morgan fingerprint density at radius 2 is 2.40 bits per heavy atom. The zero-order chi connectivity index (χ0) is 10.9. The molecule has 0 aromatic heterocycles. The Balaban J connectivity index is 2.03.